The zero-order valence-corrected chi connectivity index (χ0v) is 18.7. The molecule has 0 atom stereocenters. The van der Waals surface area contributed by atoms with Gasteiger partial charge in [0.2, 0.25) is 0 Å². The minimum Gasteiger partial charge on any atom is -0.497 e. The van der Waals surface area contributed by atoms with Crippen molar-refractivity contribution in [1.29, 1.82) is 0 Å². The highest BCUT2D eigenvalue weighted by Gasteiger charge is 2.23. The van der Waals surface area contributed by atoms with Crippen LogP contribution in [0.2, 0.25) is 0 Å². The third-order valence-corrected chi connectivity index (χ3v) is 6.05. The molecule has 9 heteroatoms. The second-order valence-corrected chi connectivity index (χ2v) is 8.36. The minimum atomic E-state index is -4.11. The zero-order chi connectivity index (χ0) is 23.1. The van der Waals surface area contributed by atoms with Gasteiger partial charge in [0, 0.05) is 18.2 Å². The molecular weight excluding hydrogens is 432 g/mol. The van der Waals surface area contributed by atoms with Gasteiger partial charge >= 0.3 is 0 Å². The first-order valence-electron chi connectivity index (χ1n) is 9.63. The maximum absolute atomic E-state index is 13.1. The van der Waals surface area contributed by atoms with Crippen molar-refractivity contribution in [1.82, 2.24) is 5.32 Å². The molecule has 0 fully saturated rings. The summed E-state index contributed by atoms with van der Waals surface area (Å²) >= 11 is 0. The molecule has 0 spiro atoms. The molecule has 8 nitrogen and oxygen atoms in total. The second kappa shape index (κ2) is 10.1. The van der Waals surface area contributed by atoms with Gasteiger partial charge in [-0.05, 0) is 35.9 Å². The summed E-state index contributed by atoms with van der Waals surface area (Å²) in [6.07, 6.45) is 0. The van der Waals surface area contributed by atoms with Gasteiger partial charge in [-0.1, -0.05) is 30.3 Å². The fraction of sp³-hybridized carbons (Fsp3) is 0.174. The monoisotopic (exact) mass is 456 g/mol. The highest BCUT2D eigenvalue weighted by atomic mass is 32.2. The smallest absolute Gasteiger partial charge is 0.265 e. The molecule has 3 aromatic carbocycles. The fourth-order valence-corrected chi connectivity index (χ4v) is 4.26. The van der Waals surface area contributed by atoms with Crippen LogP contribution in [0.1, 0.15) is 15.9 Å². The molecule has 0 saturated heterocycles. The normalized spacial score (nSPS) is 10.8. The van der Waals surface area contributed by atoms with Crippen molar-refractivity contribution in [2.24, 2.45) is 0 Å². The van der Waals surface area contributed by atoms with Gasteiger partial charge in [-0.15, -0.1) is 0 Å². The summed E-state index contributed by atoms with van der Waals surface area (Å²) in [4.78, 5) is 12.4. The Bertz CT molecular complexity index is 1200. The second-order valence-electron chi connectivity index (χ2n) is 6.71. The van der Waals surface area contributed by atoms with Crippen LogP contribution in [0.15, 0.2) is 71.6 Å². The first-order chi connectivity index (χ1) is 15.4. The summed E-state index contributed by atoms with van der Waals surface area (Å²) in [7, 11) is 0.171. The number of hydrogen-bond acceptors (Lipinski definition) is 6. The average Bonchev–Trinajstić information content (AvgIpc) is 2.82. The summed E-state index contributed by atoms with van der Waals surface area (Å²) in [6.45, 7) is 0.315. The van der Waals surface area contributed by atoms with Gasteiger partial charge in [0.25, 0.3) is 15.9 Å². The number of rotatable bonds is 9. The Labute approximate surface area is 187 Å². The molecule has 2 N–H and O–H groups in total. The summed E-state index contributed by atoms with van der Waals surface area (Å²) in [5.41, 5.74) is 1.33. The van der Waals surface area contributed by atoms with Gasteiger partial charge in [-0.2, -0.15) is 0 Å². The van der Waals surface area contributed by atoms with Crippen LogP contribution in [-0.2, 0) is 16.6 Å². The van der Waals surface area contributed by atoms with Gasteiger partial charge < -0.3 is 19.5 Å². The van der Waals surface area contributed by atoms with Crippen molar-refractivity contribution < 1.29 is 27.4 Å². The van der Waals surface area contributed by atoms with Crippen molar-refractivity contribution in [3.63, 3.8) is 0 Å². The van der Waals surface area contributed by atoms with Crippen LogP contribution in [0.25, 0.3) is 0 Å². The van der Waals surface area contributed by atoms with E-state index in [-0.39, 0.29) is 27.6 Å². The number of carbonyl (C=O) groups excluding carboxylic acids is 1. The molecule has 0 aliphatic rings. The van der Waals surface area contributed by atoms with Gasteiger partial charge in [0.15, 0.2) is 0 Å². The molecule has 32 heavy (non-hydrogen) atoms. The number of ether oxygens (including phenoxy) is 3. The first-order valence-corrected chi connectivity index (χ1v) is 11.1. The Morgan fingerprint density at radius 1 is 0.844 bits per heavy atom. The van der Waals surface area contributed by atoms with Crippen molar-refractivity contribution in [2.45, 2.75) is 11.4 Å². The molecule has 3 aromatic rings. The Morgan fingerprint density at radius 2 is 1.56 bits per heavy atom. The third kappa shape index (κ3) is 5.30. The standard InChI is InChI=1S/C23H24N2O6S/c1-29-18-10-11-19(21(14-18)31-3)25-32(27,28)22-13-17(9-12-20(22)30-2)23(26)24-15-16-7-5-4-6-8-16/h4-14,25H,15H2,1-3H3,(H,24,26). The Hall–Kier alpha value is -3.72. The predicted molar refractivity (Wildman–Crippen MR) is 121 cm³/mol. The van der Waals surface area contributed by atoms with Crippen LogP contribution in [0.4, 0.5) is 5.69 Å². The largest absolute Gasteiger partial charge is 0.497 e. The fourth-order valence-electron chi connectivity index (χ4n) is 2.99. The Kier molecular flexibility index (Phi) is 7.21. The number of sulfonamides is 1. The molecule has 0 aromatic heterocycles. The lowest BCUT2D eigenvalue weighted by atomic mass is 10.2. The quantitative estimate of drug-likeness (QED) is 0.511. The van der Waals surface area contributed by atoms with E-state index in [0.29, 0.717) is 12.3 Å². The zero-order valence-electron chi connectivity index (χ0n) is 17.9. The SMILES string of the molecule is COc1ccc(NS(=O)(=O)c2cc(C(=O)NCc3ccccc3)ccc2OC)c(OC)c1. The van der Waals surface area contributed by atoms with E-state index in [2.05, 4.69) is 10.0 Å². The molecule has 0 unspecified atom stereocenters. The van der Waals surface area contributed by atoms with Crippen LogP contribution in [-0.4, -0.2) is 35.7 Å². The molecule has 0 aliphatic carbocycles. The van der Waals surface area contributed by atoms with Crippen LogP contribution < -0.4 is 24.2 Å². The molecular formula is C23H24N2O6S. The van der Waals surface area contributed by atoms with Crippen molar-refractivity contribution in [3.8, 4) is 17.2 Å². The third-order valence-electron chi connectivity index (χ3n) is 4.66. The van der Waals surface area contributed by atoms with E-state index < -0.39 is 15.9 Å². The number of methoxy groups -OCH3 is 3. The first kappa shape index (κ1) is 23.0. The van der Waals surface area contributed by atoms with Crippen LogP contribution >= 0.6 is 0 Å². The van der Waals surface area contributed by atoms with E-state index in [0.717, 1.165) is 5.56 Å². The summed E-state index contributed by atoms with van der Waals surface area (Å²) in [6, 6.07) is 18.3. The van der Waals surface area contributed by atoms with E-state index in [1.54, 1.807) is 12.1 Å². The minimum absolute atomic E-state index is 0.101. The van der Waals surface area contributed by atoms with Crippen molar-refractivity contribution in [2.75, 3.05) is 26.1 Å². The maximum Gasteiger partial charge on any atom is 0.265 e. The average molecular weight is 457 g/mol. The van der Waals surface area contributed by atoms with E-state index in [1.807, 2.05) is 30.3 Å². The van der Waals surface area contributed by atoms with Gasteiger partial charge in [-0.3, -0.25) is 9.52 Å². The van der Waals surface area contributed by atoms with Crippen LogP contribution in [0.3, 0.4) is 0 Å². The lowest BCUT2D eigenvalue weighted by Gasteiger charge is -2.15. The molecule has 1 amide bonds. The number of amides is 1. The maximum atomic E-state index is 13.1. The number of carbonyl (C=O) groups is 1. The summed E-state index contributed by atoms with van der Waals surface area (Å²) in [5.74, 6) is 0.489. The van der Waals surface area contributed by atoms with Gasteiger partial charge in [-0.25, -0.2) is 8.42 Å². The lowest BCUT2D eigenvalue weighted by Crippen LogP contribution is -2.23. The number of anilines is 1. The van der Waals surface area contributed by atoms with Gasteiger partial charge in [0.05, 0.1) is 27.0 Å². The molecule has 0 radical (unpaired) electrons. The number of benzene rings is 3. The van der Waals surface area contributed by atoms with E-state index in [4.69, 9.17) is 14.2 Å². The van der Waals surface area contributed by atoms with Crippen molar-refractivity contribution in [3.05, 3.63) is 77.9 Å². The Balaban J connectivity index is 1.88. The van der Waals surface area contributed by atoms with E-state index >= 15 is 0 Å². The molecule has 0 saturated carbocycles. The lowest BCUT2D eigenvalue weighted by molar-refractivity contribution is 0.0950. The summed E-state index contributed by atoms with van der Waals surface area (Å²) < 4.78 is 44.4. The van der Waals surface area contributed by atoms with Crippen LogP contribution in [0.5, 0.6) is 17.2 Å². The van der Waals surface area contributed by atoms with Gasteiger partial charge in [0.1, 0.15) is 22.1 Å². The molecule has 168 valence electrons. The highest BCUT2D eigenvalue weighted by molar-refractivity contribution is 7.92. The van der Waals surface area contributed by atoms with Crippen LogP contribution in [0, 0.1) is 0 Å². The van der Waals surface area contributed by atoms with Crippen molar-refractivity contribution >= 4 is 21.6 Å². The molecule has 0 aliphatic heterocycles. The molecule has 0 heterocycles. The summed E-state index contributed by atoms with van der Waals surface area (Å²) in [5, 5.41) is 2.78. The Morgan fingerprint density at radius 3 is 2.22 bits per heavy atom. The number of nitrogens with one attached hydrogen (secondary N) is 2. The van der Waals surface area contributed by atoms with E-state index in [9.17, 15) is 13.2 Å². The molecule has 3 rings (SSSR count). The molecule has 0 bridgehead atoms. The highest BCUT2D eigenvalue weighted by Crippen LogP contribution is 2.33. The predicted octanol–water partition coefficient (Wildman–Crippen LogP) is 3.44. The number of hydrogen-bond donors (Lipinski definition) is 2. The van der Waals surface area contributed by atoms with E-state index in [1.165, 1.54) is 45.6 Å². The topological polar surface area (TPSA) is 103 Å².